The summed E-state index contributed by atoms with van der Waals surface area (Å²) in [5, 5.41) is 1.43. The number of benzene rings is 1. The summed E-state index contributed by atoms with van der Waals surface area (Å²) in [6.07, 6.45) is 3.60. The molecule has 1 saturated carbocycles. The molecule has 1 aromatic carbocycles. The first-order valence-corrected chi connectivity index (χ1v) is 11.7. The Morgan fingerprint density at radius 3 is 2.33 bits per heavy atom. The van der Waals surface area contributed by atoms with Crippen molar-refractivity contribution in [3.05, 3.63) is 41.6 Å². The topological polar surface area (TPSA) is 35.5 Å². The lowest BCUT2D eigenvalue weighted by Gasteiger charge is -2.27. The molecule has 1 unspecified atom stereocenters. The van der Waals surface area contributed by atoms with Crippen LogP contribution < -0.4 is 5.19 Å². The number of hydrogen-bond acceptors (Lipinski definition) is 3. The minimum absolute atomic E-state index is 0.00414. The third-order valence-corrected chi connectivity index (χ3v) is 8.04. The van der Waals surface area contributed by atoms with E-state index in [1.54, 1.807) is 14.2 Å². The highest BCUT2D eigenvalue weighted by molar-refractivity contribution is 6.94. The molecule has 0 aromatic heterocycles. The number of carbonyl (C=O) groups excluding carboxylic acids is 1. The van der Waals surface area contributed by atoms with Gasteiger partial charge in [-0.3, -0.25) is 0 Å². The highest BCUT2D eigenvalue weighted by atomic mass is 28.3. The normalized spacial score (nSPS) is 22.0. The Labute approximate surface area is 147 Å². The van der Waals surface area contributed by atoms with Crippen molar-refractivity contribution < 1.29 is 14.3 Å². The predicted octanol–water partition coefficient (Wildman–Crippen LogP) is 3.35. The van der Waals surface area contributed by atoms with Gasteiger partial charge in [0.1, 0.15) is 14.4 Å². The van der Waals surface area contributed by atoms with Crippen molar-refractivity contribution >= 4 is 19.5 Å². The molecule has 24 heavy (non-hydrogen) atoms. The summed E-state index contributed by atoms with van der Waals surface area (Å²) in [6.45, 7) is 6.11. The average molecular weight is 347 g/mol. The number of aldehydes is 1. The fourth-order valence-corrected chi connectivity index (χ4v) is 6.59. The Balaban J connectivity index is 2.33. The second-order valence-electron chi connectivity index (χ2n) is 7.65. The van der Waals surface area contributed by atoms with Gasteiger partial charge in [0.05, 0.1) is 13.2 Å². The molecule has 3 nitrogen and oxygen atoms in total. The summed E-state index contributed by atoms with van der Waals surface area (Å²) in [5.74, 6) is 0.322. The summed E-state index contributed by atoms with van der Waals surface area (Å²) in [4.78, 5) is 11.2. The minimum atomic E-state index is -1.68. The summed E-state index contributed by atoms with van der Waals surface area (Å²) in [6, 6.07) is 10.7. The monoisotopic (exact) mass is 346 g/mol. The van der Waals surface area contributed by atoms with E-state index in [0.29, 0.717) is 25.6 Å². The first-order chi connectivity index (χ1) is 11.5. The van der Waals surface area contributed by atoms with Crippen LogP contribution in [0.1, 0.15) is 19.3 Å². The number of allylic oxidation sites excluding steroid dienone is 1. The quantitative estimate of drug-likeness (QED) is 0.535. The largest absolute Gasteiger partial charge is 0.384 e. The second kappa shape index (κ2) is 8.23. The molecule has 0 N–H and O–H groups in total. The van der Waals surface area contributed by atoms with Crippen molar-refractivity contribution in [2.75, 3.05) is 27.4 Å². The highest BCUT2D eigenvalue weighted by Gasteiger charge is 2.43. The standard InChI is InChI=1S/C20H30O3Si/c1-22-15-20(16-23-2)12-17(10-11-21)18(13-20)14-24(3,4)19-8-6-5-7-9-19/h5-9,11,14,17H,10,12-13,15-16H2,1-4H3/b18-14-. The number of methoxy groups -OCH3 is 2. The van der Waals surface area contributed by atoms with Gasteiger partial charge in [-0.15, -0.1) is 0 Å². The van der Waals surface area contributed by atoms with Crippen molar-refractivity contribution in [1.82, 2.24) is 0 Å². The van der Waals surface area contributed by atoms with Gasteiger partial charge < -0.3 is 14.3 Å². The van der Waals surface area contributed by atoms with Gasteiger partial charge in [0, 0.05) is 26.1 Å². The minimum Gasteiger partial charge on any atom is -0.384 e. The van der Waals surface area contributed by atoms with Gasteiger partial charge in [-0.1, -0.05) is 59.9 Å². The average Bonchev–Trinajstić information content (AvgIpc) is 2.86. The van der Waals surface area contributed by atoms with Crippen molar-refractivity contribution in [3.63, 3.8) is 0 Å². The number of hydrogen-bond donors (Lipinski definition) is 0. The molecule has 0 radical (unpaired) electrons. The smallest absolute Gasteiger partial charge is 0.120 e. The summed E-state index contributed by atoms with van der Waals surface area (Å²) >= 11 is 0. The molecule has 1 atom stereocenters. The lowest BCUT2D eigenvalue weighted by molar-refractivity contribution is -0.108. The van der Waals surface area contributed by atoms with E-state index in [9.17, 15) is 4.79 Å². The SMILES string of the molecule is COCC1(COC)C/C(=C/[Si](C)(C)c2ccccc2)C(CC=O)C1. The maximum absolute atomic E-state index is 11.2. The van der Waals surface area contributed by atoms with Gasteiger partial charge in [0.15, 0.2) is 0 Å². The zero-order chi connectivity index (χ0) is 17.6. The van der Waals surface area contributed by atoms with Gasteiger partial charge in [-0.05, 0) is 18.8 Å². The van der Waals surface area contributed by atoms with Crippen LogP contribution in [-0.2, 0) is 14.3 Å². The molecule has 0 amide bonds. The Hall–Kier alpha value is -1.23. The molecule has 1 aliphatic carbocycles. The maximum atomic E-state index is 11.2. The van der Waals surface area contributed by atoms with Gasteiger partial charge >= 0.3 is 0 Å². The fourth-order valence-electron chi connectivity index (χ4n) is 4.11. The molecule has 2 rings (SSSR count). The third kappa shape index (κ3) is 4.44. The number of ether oxygens (including phenoxy) is 2. The van der Waals surface area contributed by atoms with E-state index in [0.717, 1.165) is 19.1 Å². The van der Waals surface area contributed by atoms with Crippen LogP contribution >= 0.6 is 0 Å². The van der Waals surface area contributed by atoms with Gasteiger partial charge in [-0.2, -0.15) is 0 Å². The van der Waals surface area contributed by atoms with E-state index < -0.39 is 8.07 Å². The van der Waals surface area contributed by atoms with E-state index in [1.165, 1.54) is 10.8 Å². The molecule has 0 aliphatic heterocycles. The summed E-state index contributed by atoms with van der Waals surface area (Å²) < 4.78 is 11.0. The molecule has 0 spiro atoms. The van der Waals surface area contributed by atoms with Crippen molar-refractivity contribution in [1.29, 1.82) is 0 Å². The number of carbonyl (C=O) groups is 1. The highest BCUT2D eigenvalue weighted by Crippen LogP contribution is 2.47. The summed E-state index contributed by atoms with van der Waals surface area (Å²) in [7, 11) is 1.81. The summed E-state index contributed by atoms with van der Waals surface area (Å²) in [5.41, 5.74) is 3.94. The number of rotatable bonds is 8. The van der Waals surface area contributed by atoms with E-state index in [2.05, 4.69) is 49.1 Å². The van der Waals surface area contributed by atoms with Gasteiger partial charge in [0.25, 0.3) is 0 Å². The zero-order valence-electron chi connectivity index (χ0n) is 15.4. The lowest BCUT2D eigenvalue weighted by atomic mass is 9.86. The molecular formula is C20H30O3Si. The molecule has 4 heteroatoms. The molecule has 0 bridgehead atoms. The van der Waals surface area contributed by atoms with E-state index >= 15 is 0 Å². The van der Waals surface area contributed by atoms with Crippen LogP contribution in [0.15, 0.2) is 41.6 Å². The Morgan fingerprint density at radius 1 is 1.17 bits per heavy atom. The van der Waals surface area contributed by atoms with E-state index in [-0.39, 0.29) is 5.41 Å². The Bertz CT molecular complexity index is 560. The third-order valence-electron chi connectivity index (χ3n) is 5.13. The Kier molecular flexibility index (Phi) is 6.55. The zero-order valence-corrected chi connectivity index (χ0v) is 16.4. The fraction of sp³-hybridized carbons (Fsp3) is 0.550. The van der Waals surface area contributed by atoms with E-state index in [1.807, 2.05) is 0 Å². The molecule has 132 valence electrons. The van der Waals surface area contributed by atoms with Crippen molar-refractivity contribution in [2.45, 2.75) is 32.4 Å². The van der Waals surface area contributed by atoms with Crippen molar-refractivity contribution in [3.8, 4) is 0 Å². The van der Waals surface area contributed by atoms with Crippen LogP contribution in [-0.4, -0.2) is 41.8 Å². The Morgan fingerprint density at radius 2 is 1.79 bits per heavy atom. The molecule has 1 aromatic rings. The van der Waals surface area contributed by atoms with E-state index in [4.69, 9.17) is 9.47 Å². The van der Waals surface area contributed by atoms with Crippen LogP contribution in [0, 0.1) is 11.3 Å². The predicted molar refractivity (Wildman–Crippen MR) is 101 cm³/mol. The van der Waals surface area contributed by atoms with Crippen LogP contribution in [0.25, 0.3) is 0 Å². The molecule has 1 aliphatic rings. The van der Waals surface area contributed by atoms with Gasteiger partial charge in [0.2, 0.25) is 0 Å². The van der Waals surface area contributed by atoms with Crippen LogP contribution in [0.3, 0.4) is 0 Å². The molecule has 0 saturated heterocycles. The molecule has 1 fully saturated rings. The van der Waals surface area contributed by atoms with Crippen molar-refractivity contribution in [2.24, 2.45) is 11.3 Å². The second-order valence-corrected chi connectivity index (χ2v) is 12.0. The molecular weight excluding hydrogens is 316 g/mol. The van der Waals surface area contributed by atoms with Crippen LogP contribution in [0.5, 0.6) is 0 Å². The first-order valence-electron chi connectivity index (χ1n) is 8.65. The maximum Gasteiger partial charge on any atom is 0.120 e. The lowest BCUT2D eigenvalue weighted by Crippen LogP contribution is -2.40. The van der Waals surface area contributed by atoms with Crippen LogP contribution in [0.4, 0.5) is 0 Å². The van der Waals surface area contributed by atoms with Crippen LogP contribution in [0.2, 0.25) is 13.1 Å². The molecule has 0 heterocycles. The van der Waals surface area contributed by atoms with Gasteiger partial charge in [-0.25, -0.2) is 0 Å². The first kappa shape index (κ1) is 19.1.